The Kier molecular flexibility index (Phi) is 5.89. The molecule has 0 aliphatic carbocycles. The maximum absolute atomic E-state index is 13.0. The van der Waals surface area contributed by atoms with E-state index in [0.717, 1.165) is 29.5 Å². The number of amides is 1. The number of aryl methyl sites for hydroxylation is 3. The topological polar surface area (TPSA) is 71.7 Å². The molecule has 1 aliphatic heterocycles. The molecule has 1 unspecified atom stereocenters. The lowest BCUT2D eigenvalue weighted by molar-refractivity contribution is 0.0998. The minimum absolute atomic E-state index is 0.00453. The highest BCUT2D eigenvalue weighted by molar-refractivity contribution is 7.89. The van der Waals surface area contributed by atoms with Crippen LogP contribution in [0.1, 0.15) is 47.7 Å². The van der Waals surface area contributed by atoms with E-state index in [0.29, 0.717) is 16.9 Å². The fourth-order valence-corrected chi connectivity index (χ4v) is 6.90. The molecule has 0 N–H and O–H groups in total. The summed E-state index contributed by atoms with van der Waals surface area (Å²) in [6.07, 6.45) is 2.81. The summed E-state index contributed by atoms with van der Waals surface area (Å²) in [6, 6.07) is 10.2. The SMILES string of the molecule is Cc1ccc2sc(=NC(=O)c3ccc(S(=O)(=O)N4CCCCC4C)cc3)n(C)c2c1C. The summed E-state index contributed by atoms with van der Waals surface area (Å²) in [5, 5.41) is 0. The normalized spacial score (nSPS) is 18.6. The van der Waals surface area contributed by atoms with Crippen molar-refractivity contribution >= 4 is 37.5 Å². The Labute approximate surface area is 186 Å². The first kappa shape index (κ1) is 21.9. The van der Waals surface area contributed by atoms with E-state index in [1.54, 1.807) is 16.4 Å². The molecule has 6 nitrogen and oxygen atoms in total. The van der Waals surface area contributed by atoms with Crippen molar-refractivity contribution < 1.29 is 13.2 Å². The minimum Gasteiger partial charge on any atom is -0.319 e. The van der Waals surface area contributed by atoms with Gasteiger partial charge in [0.15, 0.2) is 4.80 Å². The predicted molar refractivity (Wildman–Crippen MR) is 124 cm³/mol. The summed E-state index contributed by atoms with van der Waals surface area (Å²) in [6.45, 7) is 6.62. The van der Waals surface area contributed by atoms with Crippen molar-refractivity contribution in [3.63, 3.8) is 0 Å². The van der Waals surface area contributed by atoms with Gasteiger partial charge in [-0.25, -0.2) is 8.42 Å². The number of aromatic nitrogens is 1. The summed E-state index contributed by atoms with van der Waals surface area (Å²) in [5.41, 5.74) is 3.81. The molecule has 3 aromatic rings. The molecule has 164 valence electrons. The van der Waals surface area contributed by atoms with Gasteiger partial charge in [0.05, 0.1) is 15.1 Å². The van der Waals surface area contributed by atoms with Gasteiger partial charge in [-0.3, -0.25) is 4.79 Å². The Morgan fingerprint density at radius 2 is 1.81 bits per heavy atom. The van der Waals surface area contributed by atoms with Crippen LogP contribution in [-0.2, 0) is 17.1 Å². The average molecular weight is 458 g/mol. The number of nitrogens with zero attached hydrogens (tertiary/aromatic N) is 3. The van der Waals surface area contributed by atoms with Gasteiger partial charge in [0.25, 0.3) is 5.91 Å². The van der Waals surface area contributed by atoms with Gasteiger partial charge in [0, 0.05) is 25.2 Å². The van der Waals surface area contributed by atoms with Crippen LogP contribution in [0.15, 0.2) is 46.3 Å². The summed E-state index contributed by atoms with van der Waals surface area (Å²) >= 11 is 1.47. The van der Waals surface area contributed by atoms with E-state index < -0.39 is 10.0 Å². The van der Waals surface area contributed by atoms with E-state index in [4.69, 9.17) is 0 Å². The second kappa shape index (κ2) is 8.33. The number of fused-ring (bicyclic) bond motifs is 1. The van der Waals surface area contributed by atoms with Crippen LogP contribution >= 0.6 is 11.3 Å². The predicted octanol–water partition coefficient (Wildman–Crippen LogP) is 4.16. The fourth-order valence-electron chi connectivity index (χ4n) is 4.12. The van der Waals surface area contributed by atoms with Crippen LogP contribution in [0.5, 0.6) is 0 Å². The molecular formula is C23H27N3O3S2. The molecule has 0 bridgehead atoms. The second-order valence-corrected chi connectivity index (χ2v) is 11.1. The van der Waals surface area contributed by atoms with E-state index in [2.05, 4.69) is 24.9 Å². The molecule has 1 fully saturated rings. The number of carbonyl (C=O) groups excluding carboxylic acids is 1. The fraction of sp³-hybridized carbons (Fsp3) is 0.391. The summed E-state index contributed by atoms with van der Waals surface area (Å²) in [4.78, 5) is 17.9. The lowest BCUT2D eigenvalue weighted by atomic mass is 10.1. The number of carbonyl (C=O) groups is 1. The van der Waals surface area contributed by atoms with E-state index in [1.807, 2.05) is 24.6 Å². The van der Waals surface area contributed by atoms with Gasteiger partial charge in [-0.2, -0.15) is 9.30 Å². The van der Waals surface area contributed by atoms with Gasteiger partial charge in [-0.1, -0.05) is 23.8 Å². The Bertz CT molecular complexity index is 1320. The summed E-state index contributed by atoms with van der Waals surface area (Å²) < 4.78 is 30.6. The maximum atomic E-state index is 13.0. The van der Waals surface area contributed by atoms with E-state index >= 15 is 0 Å². The molecule has 2 aromatic carbocycles. The monoisotopic (exact) mass is 457 g/mol. The molecule has 1 amide bonds. The minimum atomic E-state index is -3.56. The van der Waals surface area contributed by atoms with E-state index in [1.165, 1.54) is 34.6 Å². The van der Waals surface area contributed by atoms with Gasteiger partial charge in [0.2, 0.25) is 10.0 Å². The average Bonchev–Trinajstić information content (AvgIpc) is 3.07. The first-order valence-electron chi connectivity index (χ1n) is 10.5. The van der Waals surface area contributed by atoms with Gasteiger partial charge < -0.3 is 4.57 Å². The lowest BCUT2D eigenvalue weighted by Gasteiger charge is -2.32. The Morgan fingerprint density at radius 1 is 1.10 bits per heavy atom. The standard InChI is InChI=1S/C23H27N3O3S2/c1-15-8-13-20-21(17(15)3)25(4)23(30-20)24-22(27)18-9-11-19(12-10-18)31(28,29)26-14-6-5-7-16(26)2/h8-13,16H,5-7,14H2,1-4H3. The van der Waals surface area contributed by atoms with Crippen LogP contribution in [0.25, 0.3) is 10.2 Å². The maximum Gasteiger partial charge on any atom is 0.279 e. The zero-order chi connectivity index (χ0) is 22.3. The zero-order valence-corrected chi connectivity index (χ0v) is 19.9. The molecule has 8 heteroatoms. The molecular weight excluding hydrogens is 430 g/mol. The van der Waals surface area contributed by atoms with Crippen LogP contribution in [0.4, 0.5) is 0 Å². The molecule has 1 saturated heterocycles. The van der Waals surface area contributed by atoms with Crippen LogP contribution < -0.4 is 4.80 Å². The largest absolute Gasteiger partial charge is 0.319 e. The molecule has 31 heavy (non-hydrogen) atoms. The van der Waals surface area contributed by atoms with Crippen LogP contribution in [0.2, 0.25) is 0 Å². The molecule has 1 atom stereocenters. The van der Waals surface area contributed by atoms with Crippen molar-refractivity contribution in [1.82, 2.24) is 8.87 Å². The highest BCUT2D eigenvalue weighted by Gasteiger charge is 2.30. The highest BCUT2D eigenvalue weighted by Crippen LogP contribution is 2.26. The van der Waals surface area contributed by atoms with Crippen molar-refractivity contribution in [3.8, 4) is 0 Å². The number of rotatable bonds is 3. The molecule has 0 spiro atoms. The number of sulfonamides is 1. The molecule has 4 rings (SSSR count). The van der Waals surface area contributed by atoms with Crippen molar-refractivity contribution in [3.05, 3.63) is 57.9 Å². The lowest BCUT2D eigenvalue weighted by Crippen LogP contribution is -2.41. The first-order chi connectivity index (χ1) is 14.7. The van der Waals surface area contributed by atoms with Crippen molar-refractivity contribution in [1.29, 1.82) is 0 Å². The van der Waals surface area contributed by atoms with Gasteiger partial charge in [-0.15, -0.1) is 0 Å². The Balaban J connectivity index is 1.64. The van der Waals surface area contributed by atoms with Crippen LogP contribution in [0, 0.1) is 13.8 Å². The van der Waals surface area contributed by atoms with Crippen molar-refractivity contribution in [2.75, 3.05) is 6.54 Å². The molecule has 0 radical (unpaired) electrons. The number of hydrogen-bond donors (Lipinski definition) is 0. The molecule has 0 saturated carbocycles. The molecule has 2 heterocycles. The van der Waals surface area contributed by atoms with Gasteiger partial charge in [-0.05, 0) is 75.1 Å². The quantitative estimate of drug-likeness (QED) is 0.593. The number of benzene rings is 2. The third-order valence-electron chi connectivity index (χ3n) is 6.14. The second-order valence-electron chi connectivity index (χ2n) is 8.20. The Hall–Kier alpha value is -2.29. The van der Waals surface area contributed by atoms with Gasteiger partial charge in [0.1, 0.15) is 0 Å². The number of piperidine rings is 1. The van der Waals surface area contributed by atoms with E-state index in [-0.39, 0.29) is 16.8 Å². The third-order valence-corrected chi connectivity index (χ3v) is 9.26. The van der Waals surface area contributed by atoms with E-state index in [9.17, 15) is 13.2 Å². The molecule has 1 aromatic heterocycles. The zero-order valence-electron chi connectivity index (χ0n) is 18.3. The summed E-state index contributed by atoms with van der Waals surface area (Å²) in [7, 11) is -1.65. The summed E-state index contributed by atoms with van der Waals surface area (Å²) in [5.74, 6) is -0.383. The first-order valence-corrected chi connectivity index (χ1v) is 12.7. The number of hydrogen-bond acceptors (Lipinski definition) is 4. The van der Waals surface area contributed by atoms with Gasteiger partial charge >= 0.3 is 0 Å². The van der Waals surface area contributed by atoms with Crippen molar-refractivity contribution in [2.45, 2.75) is 51.0 Å². The smallest absolute Gasteiger partial charge is 0.279 e. The Morgan fingerprint density at radius 3 is 2.48 bits per heavy atom. The molecule has 1 aliphatic rings. The third kappa shape index (κ3) is 4.00. The van der Waals surface area contributed by atoms with Crippen LogP contribution in [-0.4, -0.2) is 35.8 Å². The number of thiazole rings is 1. The van der Waals surface area contributed by atoms with Crippen LogP contribution in [0.3, 0.4) is 0 Å². The van der Waals surface area contributed by atoms with Crippen molar-refractivity contribution in [2.24, 2.45) is 12.0 Å². The highest BCUT2D eigenvalue weighted by atomic mass is 32.2.